The third-order valence-electron chi connectivity index (χ3n) is 3.56. The third-order valence-corrected chi connectivity index (χ3v) is 3.93. The van der Waals surface area contributed by atoms with Gasteiger partial charge in [0.15, 0.2) is 4.84 Å². The first-order valence-corrected chi connectivity index (χ1v) is 9.07. The third kappa shape index (κ3) is 10.8. The van der Waals surface area contributed by atoms with E-state index in [9.17, 15) is 4.79 Å². The zero-order chi connectivity index (χ0) is 15.2. The second-order valence-corrected chi connectivity index (χ2v) is 6.55. The number of carbonyl (C=O) groups is 1. The van der Waals surface area contributed by atoms with E-state index in [1.54, 1.807) is 0 Å². The van der Waals surface area contributed by atoms with Gasteiger partial charge in [-0.2, -0.15) is 0 Å². The second-order valence-electron chi connectivity index (χ2n) is 5.45. The molecular weight excluding hydrogens is 293 g/mol. The summed E-state index contributed by atoms with van der Waals surface area (Å²) in [6.45, 7) is 6.01. The molecule has 0 aromatic rings. The lowest BCUT2D eigenvalue weighted by Crippen LogP contribution is -2.36. The molecule has 4 heteroatoms. The molecule has 0 aliphatic carbocycles. The van der Waals surface area contributed by atoms with Gasteiger partial charge in [-0.25, -0.2) is 0 Å². The molecule has 0 aromatic carbocycles. The van der Waals surface area contributed by atoms with Crippen molar-refractivity contribution in [2.45, 2.75) is 82.9 Å². The minimum Gasteiger partial charge on any atom is -0.340 e. The van der Waals surface area contributed by atoms with Crippen LogP contribution >= 0.6 is 23.2 Å². The lowest BCUT2D eigenvalue weighted by Gasteiger charge is -2.23. The van der Waals surface area contributed by atoms with Crippen LogP contribution in [0.5, 0.6) is 0 Å². The van der Waals surface area contributed by atoms with E-state index >= 15 is 0 Å². The zero-order valence-electron chi connectivity index (χ0n) is 13.2. The second kappa shape index (κ2) is 14.0. The number of alkyl halides is 2. The Balaban J connectivity index is 3.92. The van der Waals surface area contributed by atoms with Gasteiger partial charge in [0.2, 0.25) is 0 Å². The standard InChI is InChI=1S/C16H31Cl2NO/c1-3-5-7-9-11-13-19(16(20)15(17)18)14-12-10-8-6-4-2/h15H,3-14H2,1-2H3. The fourth-order valence-corrected chi connectivity index (χ4v) is 2.56. The van der Waals surface area contributed by atoms with E-state index in [1.807, 2.05) is 4.90 Å². The Hall–Kier alpha value is 0.0500. The van der Waals surface area contributed by atoms with Gasteiger partial charge in [-0.05, 0) is 12.8 Å². The Morgan fingerprint density at radius 2 is 1.20 bits per heavy atom. The largest absolute Gasteiger partial charge is 0.340 e. The highest BCUT2D eigenvalue weighted by atomic mass is 35.5. The number of hydrogen-bond donors (Lipinski definition) is 0. The molecule has 0 rings (SSSR count). The van der Waals surface area contributed by atoms with Crippen LogP contribution in [0.3, 0.4) is 0 Å². The zero-order valence-corrected chi connectivity index (χ0v) is 14.7. The molecule has 0 fully saturated rings. The summed E-state index contributed by atoms with van der Waals surface area (Å²) in [6, 6.07) is 0. The minimum absolute atomic E-state index is 0.126. The van der Waals surface area contributed by atoms with E-state index < -0.39 is 4.84 Å². The van der Waals surface area contributed by atoms with Crippen molar-refractivity contribution in [3.8, 4) is 0 Å². The van der Waals surface area contributed by atoms with Crippen LogP contribution in [-0.4, -0.2) is 28.7 Å². The molecule has 120 valence electrons. The number of unbranched alkanes of at least 4 members (excludes halogenated alkanes) is 8. The summed E-state index contributed by atoms with van der Waals surface area (Å²) in [7, 11) is 0. The molecule has 0 aliphatic heterocycles. The quantitative estimate of drug-likeness (QED) is 0.321. The summed E-state index contributed by atoms with van der Waals surface area (Å²) in [5.74, 6) is -0.126. The molecule has 0 N–H and O–H groups in total. The van der Waals surface area contributed by atoms with Crippen molar-refractivity contribution < 1.29 is 4.79 Å². The molecule has 0 aliphatic rings. The van der Waals surface area contributed by atoms with E-state index in [0.717, 1.165) is 25.9 Å². The Bertz CT molecular complexity index is 221. The molecule has 1 amide bonds. The molecule has 20 heavy (non-hydrogen) atoms. The van der Waals surface area contributed by atoms with E-state index in [2.05, 4.69) is 13.8 Å². The first-order valence-electron chi connectivity index (χ1n) is 8.20. The predicted molar refractivity (Wildman–Crippen MR) is 89.6 cm³/mol. The topological polar surface area (TPSA) is 20.3 Å². The molecule has 0 aromatic heterocycles. The van der Waals surface area contributed by atoms with Gasteiger partial charge in [0.1, 0.15) is 0 Å². The number of rotatable bonds is 13. The van der Waals surface area contributed by atoms with Crippen molar-refractivity contribution in [1.82, 2.24) is 4.90 Å². The lowest BCUT2D eigenvalue weighted by atomic mass is 10.1. The van der Waals surface area contributed by atoms with Crippen molar-refractivity contribution in [2.75, 3.05) is 13.1 Å². The van der Waals surface area contributed by atoms with Crippen LogP contribution < -0.4 is 0 Å². The van der Waals surface area contributed by atoms with Gasteiger partial charge in [0.25, 0.3) is 5.91 Å². The highest BCUT2D eigenvalue weighted by Gasteiger charge is 2.19. The van der Waals surface area contributed by atoms with Crippen molar-refractivity contribution >= 4 is 29.1 Å². The van der Waals surface area contributed by atoms with Crippen LogP contribution in [0.2, 0.25) is 0 Å². The summed E-state index contributed by atoms with van der Waals surface area (Å²) in [4.78, 5) is 12.9. The predicted octanol–water partition coefficient (Wildman–Crippen LogP) is 5.56. The molecular formula is C16H31Cl2NO. The van der Waals surface area contributed by atoms with E-state index in [0.29, 0.717) is 0 Å². The van der Waals surface area contributed by atoms with Crippen molar-refractivity contribution in [3.63, 3.8) is 0 Å². The van der Waals surface area contributed by atoms with Crippen LogP contribution in [-0.2, 0) is 4.79 Å². The number of nitrogens with zero attached hydrogens (tertiary/aromatic N) is 1. The average Bonchev–Trinajstić information content (AvgIpc) is 2.43. The minimum atomic E-state index is -0.915. The Morgan fingerprint density at radius 1 is 0.800 bits per heavy atom. The molecule has 0 unspecified atom stereocenters. The maximum Gasteiger partial charge on any atom is 0.255 e. The molecule has 0 atom stereocenters. The summed E-state index contributed by atoms with van der Waals surface area (Å²) >= 11 is 11.4. The van der Waals surface area contributed by atoms with Crippen LogP contribution in [0.15, 0.2) is 0 Å². The van der Waals surface area contributed by atoms with Crippen LogP contribution in [0.1, 0.15) is 78.1 Å². The number of carbonyl (C=O) groups excluding carboxylic acids is 1. The first-order chi connectivity index (χ1) is 9.63. The summed E-state index contributed by atoms with van der Waals surface area (Å²) in [5.41, 5.74) is 0. The van der Waals surface area contributed by atoms with Crippen LogP contribution in [0.25, 0.3) is 0 Å². The smallest absolute Gasteiger partial charge is 0.255 e. The molecule has 0 saturated heterocycles. The van der Waals surface area contributed by atoms with Crippen LogP contribution in [0, 0.1) is 0 Å². The van der Waals surface area contributed by atoms with Crippen molar-refractivity contribution in [3.05, 3.63) is 0 Å². The normalized spacial score (nSPS) is 11.1. The van der Waals surface area contributed by atoms with Gasteiger partial charge in [-0.15, -0.1) is 0 Å². The number of hydrogen-bond acceptors (Lipinski definition) is 1. The van der Waals surface area contributed by atoms with Gasteiger partial charge < -0.3 is 4.90 Å². The number of amides is 1. The van der Waals surface area contributed by atoms with E-state index in [-0.39, 0.29) is 5.91 Å². The highest BCUT2D eigenvalue weighted by Crippen LogP contribution is 2.12. The highest BCUT2D eigenvalue weighted by molar-refractivity contribution is 6.53. The summed E-state index contributed by atoms with van der Waals surface area (Å²) in [5, 5.41) is 0. The van der Waals surface area contributed by atoms with Crippen LogP contribution in [0.4, 0.5) is 0 Å². The van der Waals surface area contributed by atoms with Gasteiger partial charge in [0, 0.05) is 13.1 Å². The molecule has 0 radical (unpaired) electrons. The maximum absolute atomic E-state index is 11.9. The fourth-order valence-electron chi connectivity index (χ4n) is 2.28. The van der Waals surface area contributed by atoms with Gasteiger partial charge in [-0.1, -0.05) is 88.4 Å². The average molecular weight is 324 g/mol. The molecule has 0 spiro atoms. The van der Waals surface area contributed by atoms with E-state index in [1.165, 1.54) is 51.4 Å². The summed E-state index contributed by atoms with van der Waals surface area (Å²) < 4.78 is 0. The lowest BCUT2D eigenvalue weighted by molar-refractivity contribution is -0.129. The van der Waals surface area contributed by atoms with E-state index in [4.69, 9.17) is 23.2 Å². The van der Waals surface area contributed by atoms with Gasteiger partial charge >= 0.3 is 0 Å². The molecule has 0 bridgehead atoms. The SMILES string of the molecule is CCCCCCCN(CCCCCCC)C(=O)C(Cl)Cl. The molecule has 2 nitrogen and oxygen atoms in total. The monoisotopic (exact) mass is 323 g/mol. The number of halogens is 2. The first kappa shape index (κ1) is 20.1. The molecule has 0 heterocycles. The van der Waals surface area contributed by atoms with Gasteiger partial charge in [0.05, 0.1) is 0 Å². The maximum atomic E-state index is 11.9. The summed E-state index contributed by atoms with van der Waals surface area (Å²) in [6.07, 6.45) is 12.0. The van der Waals surface area contributed by atoms with Crippen molar-refractivity contribution in [2.24, 2.45) is 0 Å². The molecule has 0 saturated carbocycles. The Labute approximate surface area is 135 Å². The van der Waals surface area contributed by atoms with Gasteiger partial charge in [-0.3, -0.25) is 4.79 Å². The van der Waals surface area contributed by atoms with Crippen molar-refractivity contribution in [1.29, 1.82) is 0 Å². The fraction of sp³-hybridized carbons (Fsp3) is 0.938. The Kier molecular flexibility index (Phi) is 14.0. The Morgan fingerprint density at radius 3 is 1.55 bits per heavy atom.